The third-order valence-corrected chi connectivity index (χ3v) is 2.64. The number of halogens is 1. The molecule has 0 aliphatic carbocycles. The van der Waals surface area contributed by atoms with Crippen LogP contribution < -0.4 is 4.74 Å². The zero-order valence-electron chi connectivity index (χ0n) is 7.98. The molecule has 6 heteroatoms. The van der Waals surface area contributed by atoms with Crippen molar-refractivity contribution in [1.29, 1.82) is 0 Å². The van der Waals surface area contributed by atoms with Gasteiger partial charge in [0.1, 0.15) is 11.4 Å². The van der Waals surface area contributed by atoms with E-state index in [-0.39, 0.29) is 0 Å². The fourth-order valence-electron chi connectivity index (χ4n) is 1.14. The van der Waals surface area contributed by atoms with Gasteiger partial charge < -0.3 is 4.74 Å². The van der Waals surface area contributed by atoms with Crippen molar-refractivity contribution in [2.24, 2.45) is 0 Å². The first kappa shape index (κ1) is 10.3. The number of aromatic nitrogens is 3. The molecule has 0 fully saturated rings. The Morgan fingerprint density at radius 2 is 2.27 bits per heavy atom. The highest BCUT2D eigenvalue weighted by Crippen LogP contribution is 2.27. The van der Waals surface area contributed by atoms with Crippen molar-refractivity contribution in [3.8, 4) is 17.0 Å². The van der Waals surface area contributed by atoms with Gasteiger partial charge in [0.25, 0.3) is 0 Å². The van der Waals surface area contributed by atoms with Crippen molar-refractivity contribution in [3.05, 3.63) is 23.6 Å². The van der Waals surface area contributed by atoms with Gasteiger partial charge in [-0.15, -0.1) is 0 Å². The molecule has 0 aliphatic rings. The molecule has 0 spiro atoms. The van der Waals surface area contributed by atoms with Gasteiger partial charge in [0, 0.05) is 11.8 Å². The van der Waals surface area contributed by atoms with E-state index in [1.54, 1.807) is 12.4 Å². The third kappa shape index (κ3) is 2.24. The van der Waals surface area contributed by atoms with Crippen LogP contribution in [0.2, 0.25) is 5.15 Å². The van der Waals surface area contributed by atoms with Gasteiger partial charge in [-0.25, -0.2) is 0 Å². The van der Waals surface area contributed by atoms with Gasteiger partial charge in [-0.1, -0.05) is 11.6 Å². The molecule has 78 valence electrons. The summed E-state index contributed by atoms with van der Waals surface area (Å²) in [5.74, 6) is 0.707. The Hall–Kier alpha value is -1.20. The maximum Gasteiger partial charge on any atom is 0.170 e. The number of hydrogen-bond acceptors (Lipinski definition) is 5. The number of nitrogens with zero attached hydrogens (tertiary/aromatic N) is 3. The molecule has 4 nitrogen and oxygen atoms in total. The Bertz CT molecular complexity index is 460. The average molecular weight is 242 g/mol. The molecule has 0 bridgehead atoms. The Kier molecular flexibility index (Phi) is 3.13. The summed E-state index contributed by atoms with van der Waals surface area (Å²) in [4.78, 5) is 4.05. The molecule has 2 aromatic heterocycles. The molecule has 2 aromatic rings. The minimum absolute atomic E-state index is 0.399. The van der Waals surface area contributed by atoms with Crippen molar-refractivity contribution in [3.63, 3.8) is 0 Å². The van der Waals surface area contributed by atoms with Crippen LogP contribution in [0.25, 0.3) is 11.3 Å². The summed E-state index contributed by atoms with van der Waals surface area (Å²) in [6.45, 7) is 2.53. The molecule has 15 heavy (non-hydrogen) atoms. The summed E-state index contributed by atoms with van der Waals surface area (Å²) >= 11 is 6.95. The lowest BCUT2D eigenvalue weighted by molar-refractivity contribution is 0.339. The number of pyridine rings is 1. The van der Waals surface area contributed by atoms with Crippen LogP contribution in [0.1, 0.15) is 6.92 Å². The van der Waals surface area contributed by atoms with Gasteiger partial charge in [0.2, 0.25) is 0 Å². The first-order valence-corrected chi connectivity index (χ1v) is 5.48. The van der Waals surface area contributed by atoms with Crippen LogP contribution in [0, 0.1) is 0 Å². The van der Waals surface area contributed by atoms with E-state index >= 15 is 0 Å². The zero-order valence-corrected chi connectivity index (χ0v) is 9.55. The molecule has 2 heterocycles. The predicted octanol–water partition coefficient (Wildman–Crippen LogP) is 2.65. The minimum atomic E-state index is 0.399. The van der Waals surface area contributed by atoms with E-state index in [1.807, 2.05) is 13.0 Å². The van der Waals surface area contributed by atoms with Gasteiger partial charge in [-0.05, 0) is 13.0 Å². The molecule has 2 rings (SSSR count). The highest BCUT2D eigenvalue weighted by Gasteiger charge is 2.09. The number of rotatable bonds is 3. The summed E-state index contributed by atoms with van der Waals surface area (Å²) in [5.41, 5.74) is 1.47. The average Bonchev–Trinajstić information content (AvgIpc) is 2.65. The second-order valence-electron chi connectivity index (χ2n) is 2.75. The fourth-order valence-corrected chi connectivity index (χ4v) is 1.91. The van der Waals surface area contributed by atoms with Gasteiger partial charge >= 0.3 is 0 Å². The molecule has 0 atom stereocenters. The standard InChI is InChI=1S/C9H8ClN3OS/c1-2-14-7-3-6(4-11-5-7)8-9(10)13-15-12-8/h3-5H,2H2,1H3. The fraction of sp³-hybridized carbons (Fsp3) is 0.222. The summed E-state index contributed by atoms with van der Waals surface area (Å²) in [7, 11) is 0. The van der Waals surface area contributed by atoms with Crippen molar-refractivity contribution in [1.82, 2.24) is 13.7 Å². The molecule has 0 saturated carbocycles. The topological polar surface area (TPSA) is 47.9 Å². The summed E-state index contributed by atoms with van der Waals surface area (Å²) in [6.07, 6.45) is 3.34. The van der Waals surface area contributed by atoms with E-state index in [2.05, 4.69) is 13.7 Å². The molecule has 0 unspecified atom stereocenters. The van der Waals surface area contributed by atoms with Crippen LogP contribution >= 0.6 is 23.3 Å². The smallest absolute Gasteiger partial charge is 0.170 e. The van der Waals surface area contributed by atoms with Gasteiger partial charge in [0.05, 0.1) is 24.5 Å². The second kappa shape index (κ2) is 4.55. The van der Waals surface area contributed by atoms with Crippen LogP contribution in [0.5, 0.6) is 5.75 Å². The van der Waals surface area contributed by atoms with Gasteiger partial charge in [0.15, 0.2) is 5.15 Å². The predicted molar refractivity (Wildman–Crippen MR) is 59.3 cm³/mol. The SMILES string of the molecule is CCOc1cncc(-c2nsnc2Cl)c1. The summed E-state index contributed by atoms with van der Waals surface area (Å²) in [5, 5.41) is 0.399. The van der Waals surface area contributed by atoms with Crippen LogP contribution in [-0.4, -0.2) is 20.3 Å². The monoisotopic (exact) mass is 241 g/mol. The zero-order chi connectivity index (χ0) is 10.7. The van der Waals surface area contributed by atoms with E-state index < -0.39 is 0 Å². The van der Waals surface area contributed by atoms with E-state index in [4.69, 9.17) is 16.3 Å². The van der Waals surface area contributed by atoms with Crippen LogP contribution in [-0.2, 0) is 0 Å². The molecule has 0 N–H and O–H groups in total. The largest absolute Gasteiger partial charge is 0.492 e. The normalized spacial score (nSPS) is 10.3. The molecular weight excluding hydrogens is 234 g/mol. The lowest BCUT2D eigenvalue weighted by Gasteiger charge is -2.03. The number of ether oxygens (including phenoxy) is 1. The highest BCUT2D eigenvalue weighted by atomic mass is 35.5. The summed E-state index contributed by atoms with van der Waals surface area (Å²) < 4.78 is 13.3. The van der Waals surface area contributed by atoms with E-state index in [0.29, 0.717) is 23.2 Å². The van der Waals surface area contributed by atoms with E-state index in [0.717, 1.165) is 17.3 Å². The molecule has 0 aliphatic heterocycles. The highest BCUT2D eigenvalue weighted by molar-refractivity contribution is 6.99. The molecule has 0 aromatic carbocycles. The minimum Gasteiger partial charge on any atom is -0.492 e. The van der Waals surface area contributed by atoms with Gasteiger partial charge in [-0.3, -0.25) is 4.98 Å². The Morgan fingerprint density at radius 3 is 2.93 bits per heavy atom. The van der Waals surface area contributed by atoms with Crippen molar-refractivity contribution in [2.45, 2.75) is 6.92 Å². The van der Waals surface area contributed by atoms with Crippen LogP contribution in [0.3, 0.4) is 0 Å². The van der Waals surface area contributed by atoms with Crippen molar-refractivity contribution < 1.29 is 4.74 Å². The molecule has 0 amide bonds. The molecule has 0 saturated heterocycles. The van der Waals surface area contributed by atoms with Gasteiger partial charge in [-0.2, -0.15) is 8.75 Å². The molecular formula is C9H8ClN3OS. The molecule has 0 radical (unpaired) electrons. The van der Waals surface area contributed by atoms with Crippen LogP contribution in [0.4, 0.5) is 0 Å². The Labute approximate surface area is 96.2 Å². The second-order valence-corrected chi connectivity index (χ2v) is 3.63. The first-order valence-electron chi connectivity index (χ1n) is 4.37. The first-order chi connectivity index (χ1) is 7.31. The quantitative estimate of drug-likeness (QED) is 0.829. The van der Waals surface area contributed by atoms with Crippen molar-refractivity contribution >= 4 is 23.3 Å². The van der Waals surface area contributed by atoms with Crippen LogP contribution in [0.15, 0.2) is 18.5 Å². The lowest BCUT2D eigenvalue weighted by atomic mass is 10.2. The van der Waals surface area contributed by atoms with E-state index in [1.165, 1.54) is 0 Å². The summed E-state index contributed by atoms with van der Waals surface area (Å²) in [6, 6.07) is 1.85. The van der Waals surface area contributed by atoms with Crippen molar-refractivity contribution in [2.75, 3.05) is 6.61 Å². The maximum absolute atomic E-state index is 5.87. The lowest BCUT2D eigenvalue weighted by Crippen LogP contribution is -1.92. The number of hydrogen-bond donors (Lipinski definition) is 0. The Morgan fingerprint density at radius 1 is 1.40 bits per heavy atom. The Balaban J connectivity index is 2.37. The third-order valence-electron chi connectivity index (χ3n) is 1.75. The van der Waals surface area contributed by atoms with E-state index in [9.17, 15) is 0 Å². The maximum atomic E-state index is 5.87.